The normalized spacial score (nSPS) is 12.3. The van der Waals surface area contributed by atoms with Crippen LogP contribution in [0.4, 0.5) is 0 Å². The Morgan fingerprint density at radius 2 is 2.26 bits per heavy atom. The lowest BCUT2D eigenvalue weighted by Gasteiger charge is -2.11. The summed E-state index contributed by atoms with van der Waals surface area (Å²) in [6.45, 7) is 5.79. The minimum Gasteiger partial charge on any atom is -0.461 e. The van der Waals surface area contributed by atoms with Gasteiger partial charge in [-0.3, -0.25) is 0 Å². The first-order valence-electron chi connectivity index (χ1n) is 7.24. The zero-order valence-electron chi connectivity index (χ0n) is 13.0. The molecule has 0 aliphatic heterocycles. The van der Waals surface area contributed by atoms with E-state index in [0.29, 0.717) is 5.76 Å². The molecule has 0 N–H and O–H groups in total. The van der Waals surface area contributed by atoms with E-state index in [1.54, 1.807) is 23.5 Å². The van der Waals surface area contributed by atoms with Crippen molar-refractivity contribution < 1.29 is 18.4 Å². The van der Waals surface area contributed by atoms with Gasteiger partial charge in [0.05, 0.1) is 21.8 Å². The molecule has 0 aliphatic carbocycles. The third-order valence-electron chi connectivity index (χ3n) is 3.34. The van der Waals surface area contributed by atoms with Gasteiger partial charge in [-0.2, -0.15) is 0 Å². The molecule has 0 saturated heterocycles. The van der Waals surface area contributed by atoms with E-state index in [9.17, 15) is 4.79 Å². The molecule has 7 heteroatoms. The SMILES string of the molecule is CCc1nc(C)c([C@H](C)OC(=O)c2ncoc2-c2ccco2)s1. The maximum absolute atomic E-state index is 12.4. The van der Waals surface area contributed by atoms with Crippen LogP contribution in [-0.4, -0.2) is 15.9 Å². The van der Waals surface area contributed by atoms with E-state index in [-0.39, 0.29) is 11.5 Å². The number of carbonyl (C=O) groups excluding carboxylic acids is 1. The molecule has 0 unspecified atom stereocenters. The van der Waals surface area contributed by atoms with Crippen LogP contribution in [0.3, 0.4) is 0 Å². The van der Waals surface area contributed by atoms with Gasteiger partial charge in [0, 0.05) is 0 Å². The maximum atomic E-state index is 12.4. The number of hydrogen-bond acceptors (Lipinski definition) is 7. The van der Waals surface area contributed by atoms with Gasteiger partial charge in [-0.1, -0.05) is 6.92 Å². The van der Waals surface area contributed by atoms with Gasteiger partial charge in [0.25, 0.3) is 0 Å². The number of hydrogen-bond donors (Lipinski definition) is 0. The minimum atomic E-state index is -0.552. The van der Waals surface area contributed by atoms with E-state index in [1.807, 2.05) is 20.8 Å². The van der Waals surface area contributed by atoms with Crippen molar-refractivity contribution in [1.82, 2.24) is 9.97 Å². The molecule has 120 valence electrons. The highest BCUT2D eigenvalue weighted by atomic mass is 32.1. The molecule has 0 saturated carbocycles. The molecule has 0 amide bonds. The van der Waals surface area contributed by atoms with E-state index in [4.69, 9.17) is 13.6 Å². The van der Waals surface area contributed by atoms with E-state index in [1.165, 1.54) is 12.7 Å². The quantitative estimate of drug-likeness (QED) is 0.652. The number of ether oxygens (including phenoxy) is 1. The van der Waals surface area contributed by atoms with E-state index >= 15 is 0 Å². The van der Waals surface area contributed by atoms with Crippen molar-refractivity contribution in [2.75, 3.05) is 0 Å². The summed E-state index contributed by atoms with van der Waals surface area (Å²) in [5.41, 5.74) is 0.989. The Morgan fingerprint density at radius 3 is 2.91 bits per heavy atom. The van der Waals surface area contributed by atoms with Gasteiger partial charge < -0.3 is 13.6 Å². The van der Waals surface area contributed by atoms with E-state index in [0.717, 1.165) is 22.0 Å². The van der Waals surface area contributed by atoms with Gasteiger partial charge >= 0.3 is 5.97 Å². The van der Waals surface area contributed by atoms with Crippen molar-refractivity contribution >= 4 is 17.3 Å². The van der Waals surface area contributed by atoms with Gasteiger partial charge in [0.1, 0.15) is 6.10 Å². The average molecular weight is 332 g/mol. The predicted molar refractivity (Wildman–Crippen MR) is 84.3 cm³/mol. The first kappa shape index (κ1) is 15.5. The number of nitrogens with zero attached hydrogens (tertiary/aromatic N) is 2. The third kappa shape index (κ3) is 3.05. The maximum Gasteiger partial charge on any atom is 0.361 e. The Balaban J connectivity index is 1.79. The summed E-state index contributed by atoms with van der Waals surface area (Å²) in [4.78, 5) is 21.7. The van der Waals surface area contributed by atoms with Crippen LogP contribution < -0.4 is 0 Å². The highest BCUT2D eigenvalue weighted by Crippen LogP contribution is 2.30. The summed E-state index contributed by atoms with van der Waals surface area (Å²) >= 11 is 1.56. The van der Waals surface area contributed by atoms with Gasteiger partial charge in [0.15, 0.2) is 17.8 Å². The molecule has 0 spiro atoms. The molecule has 3 rings (SSSR count). The molecule has 1 atom stereocenters. The van der Waals surface area contributed by atoms with Crippen LogP contribution in [0.1, 0.15) is 46.0 Å². The Labute approximate surface area is 137 Å². The van der Waals surface area contributed by atoms with Crippen LogP contribution in [0.2, 0.25) is 0 Å². The Hall–Kier alpha value is -2.41. The molecule has 3 aromatic rings. The molecule has 6 nitrogen and oxygen atoms in total. The Bertz CT molecular complexity index is 804. The molecule has 0 radical (unpaired) electrons. The average Bonchev–Trinajstić information content (AvgIpc) is 3.26. The second-order valence-corrected chi connectivity index (χ2v) is 6.08. The van der Waals surface area contributed by atoms with Crippen molar-refractivity contribution in [3.8, 4) is 11.5 Å². The fraction of sp³-hybridized carbons (Fsp3) is 0.312. The number of esters is 1. The number of oxazole rings is 1. The number of carbonyl (C=O) groups is 1. The fourth-order valence-electron chi connectivity index (χ4n) is 2.24. The minimum absolute atomic E-state index is 0.102. The second kappa shape index (κ2) is 6.37. The molecular weight excluding hydrogens is 316 g/mol. The molecule has 3 aromatic heterocycles. The summed E-state index contributed by atoms with van der Waals surface area (Å²) in [6, 6.07) is 3.41. The largest absolute Gasteiger partial charge is 0.461 e. The fourth-order valence-corrected chi connectivity index (χ4v) is 3.23. The highest BCUT2D eigenvalue weighted by Gasteiger charge is 2.25. The topological polar surface area (TPSA) is 78.4 Å². The van der Waals surface area contributed by atoms with Gasteiger partial charge in [-0.25, -0.2) is 14.8 Å². The van der Waals surface area contributed by atoms with Crippen molar-refractivity contribution in [3.63, 3.8) is 0 Å². The molecule has 3 heterocycles. The molecule has 23 heavy (non-hydrogen) atoms. The van der Waals surface area contributed by atoms with E-state index in [2.05, 4.69) is 9.97 Å². The monoisotopic (exact) mass is 332 g/mol. The molecule has 0 aromatic carbocycles. The number of furan rings is 1. The van der Waals surface area contributed by atoms with Crippen LogP contribution in [0.5, 0.6) is 0 Å². The summed E-state index contributed by atoms with van der Waals surface area (Å²) < 4.78 is 16.0. The number of aromatic nitrogens is 2. The lowest BCUT2D eigenvalue weighted by Crippen LogP contribution is -2.10. The van der Waals surface area contributed by atoms with Crippen molar-refractivity contribution in [2.45, 2.75) is 33.3 Å². The zero-order valence-corrected chi connectivity index (χ0v) is 13.8. The number of rotatable bonds is 5. The Morgan fingerprint density at radius 1 is 1.43 bits per heavy atom. The first-order valence-corrected chi connectivity index (χ1v) is 8.06. The highest BCUT2D eigenvalue weighted by molar-refractivity contribution is 7.11. The van der Waals surface area contributed by atoms with E-state index < -0.39 is 12.1 Å². The smallest absolute Gasteiger partial charge is 0.361 e. The zero-order chi connectivity index (χ0) is 16.4. The first-order chi connectivity index (χ1) is 11.1. The van der Waals surface area contributed by atoms with Gasteiger partial charge in [0.2, 0.25) is 5.76 Å². The summed E-state index contributed by atoms with van der Waals surface area (Å²) in [7, 11) is 0. The summed E-state index contributed by atoms with van der Waals surface area (Å²) in [6.07, 6.45) is 3.16. The van der Waals surface area contributed by atoms with Crippen LogP contribution in [0.25, 0.3) is 11.5 Å². The van der Waals surface area contributed by atoms with Crippen molar-refractivity contribution in [3.05, 3.63) is 46.1 Å². The van der Waals surface area contributed by atoms with Gasteiger partial charge in [-0.15, -0.1) is 11.3 Å². The van der Waals surface area contributed by atoms with Crippen LogP contribution in [0.15, 0.2) is 33.6 Å². The molecular formula is C16H16N2O4S. The van der Waals surface area contributed by atoms with Crippen LogP contribution in [-0.2, 0) is 11.2 Å². The standard InChI is InChI=1S/C16H16N2O4S/c1-4-12-18-9(2)15(23-12)10(3)22-16(19)13-14(21-8-17-13)11-6-5-7-20-11/h5-8,10H,4H2,1-3H3/t10-/m0/s1. The lowest BCUT2D eigenvalue weighted by atomic mass is 10.2. The van der Waals surface area contributed by atoms with Crippen molar-refractivity contribution in [2.24, 2.45) is 0 Å². The van der Waals surface area contributed by atoms with Crippen LogP contribution >= 0.6 is 11.3 Å². The van der Waals surface area contributed by atoms with Crippen LogP contribution in [0, 0.1) is 6.92 Å². The summed E-state index contributed by atoms with van der Waals surface area (Å²) in [5, 5.41) is 1.03. The predicted octanol–water partition coefficient (Wildman–Crippen LogP) is 4.18. The summed E-state index contributed by atoms with van der Waals surface area (Å²) in [5.74, 6) is 0.148. The number of thiazole rings is 1. The second-order valence-electron chi connectivity index (χ2n) is 4.97. The molecule has 0 fully saturated rings. The van der Waals surface area contributed by atoms with Gasteiger partial charge in [-0.05, 0) is 32.4 Å². The lowest BCUT2D eigenvalue weighted by molar-refractivity contribution is 0.0337. The number of aryl methyl sites for hydroxylation is 2. The third-order valence-corrected chi connectivity index (χ3v) is 4.80. The molecule has 0 aliphatic rings. The Kier molecular flexibility index (Phi) is 4.29. The molecule has 0 bridgehead atoms. The van der Waals surface area contributed by atoms with Crippen molar-refractivity contribution in [1.29, 1.82) is 0 Å².